The Morgan fingerprint density at radius 1 is 1.34 bits per heavy atom. The number of halogens is 1. The molecule has 7 heteroatoms. The summed E-state index contributed by atoms with van der Waals surface area (Å²) in [4.78, 5) is 28.5. The fourth-order valence-corrected chi connectivity index (χ4v) is 3.32. The quantitative estimate of drug-likeness (QED) is 0.716. The number of aromatic nitrogens is 1. The zero-order valence-corrected chi connectivity index (χ0v) is 16.9. The van der Waals surface area contributed by atoms with Gasteiger partial charge < -0.3 is 15.4 Å². The number of hydrogen-bond donors (Lipinski definition) is 2. The smallest absolute Gasteiger partial charge is 0.306 e. The molecule has 6 nitrogen and oxygen atoms in total. The lowest BCUT2D eigenvalue weighted by Gasteiger charge is -2.22. The molecule has 1 atom stereocenters. The predicted octanol–water partition coefficient (Wildman–Crippen LogP) is 4.08. The van der Waals surface area contributed by atoms with Crippen molar-refractivity contribution in [3.63, 3.8) is 0 Å². The highest BCUT2D eigenvalue weighted by Crippen LogP contribution is 2.26. The van der Waals surface area contributed by atoms with Crippen molar-refractivity contribution in [1.82, 2.24) is 10.3 Å². The van der Waals surface area contributed by atoms with Crippen molar-refractivity contribution in [2.75, 3.05) is 18.5 Å². The van der Waals surface area contributed by atoms with E-state index >= 15 is 0 Å². The summed E-state index contributed by atoms with van der Waals surface area (Å²) in [6.07, 6.45) is 2.61. The number of rotatable bonds is 6. The zero-order chi connectivity index (χ0) is 21.0. The summed E-state index contributed by atoms with van der Waals surface area (Å²) in [6.45, 7) is 6.71. The molecule has 0 spiro atoms. The Morgan fingerprint density at radius 2 is 2.14 bits per heavy atom. The van der Waals surface area contributed by atoms with E-state index in [4.69, 9.17) is 4.74 Å². The van der Waals surface area contributed by atoms with Crippen LogP contribution in [0.25, 0.3) is 0 Å². The second kappa shape index (κ2) is 9.03. The van der Waals surface area contributed by atoms with Gasteiger partial charge in [0.25, 0.3) is 5.91 Å². The molecule has 0 aliphatic carbocycles. The first-order valence-electron chi connectivity index (χ1n) is 9.80. The number of nitrogens with zero attached hydrogens (tertiary/aromatic N) is 1. The average molecular weight is 399 g/mol. The van der Waals surface area contributed by atoms with Crippen LogP contribution in [0.5, 0.6) is 0 Å². The number of aryl methyl sites for hydroxylation is 1. The van der Waals surface area contributed by atoms with E-state index in [-0.39, 0.29) is 29.5 Å². The van der Waals surface area contributed by atoms with Gasteiger partial charge in [0.05, 0.1) is 18.6 Å². The first-order valence-corrected chi connectivity index (χ1v) is 9.80. The maximum Gasteiger partial charge on any atom is 0.306 e. The van der Waals surface area contributed by atoms with Gasteiger partial charge in [-0.2, -0.15) is 0 Å². The van der Waals surface area contributed by atoms with Gasteiger partial charge in [0.2, 0.25) is 0 Å². The number of nitrogens with one attached hydrogen (secondary N) is 2. The number of hydrogen-bond acceptors (Lipinski definition) is 5. The molecule has 0 saturated carbocycles. The Labute approximate surface area is 169 Å². The zero-order valence-electron chi connectivity index (χ0n) is 16.9. The minimum absolute atomic E-state index is 0.0903. The fourth-order valence-electron chi connectivity index (χ4n) is 3.32. The number of pyridine rings is 1. The molecule has 1 unspecified atom stereocenters. The Hall–Kier alpha value is -2.96. The SMILES string of the molecule is Cc1ccc(F)cc1Nc1cc(C(C)C)c(C(=O)NCC2CCOC(=O)C2)cn1. The van der Waals surface area contributed by atoms with Crippen molar-refractivity contribution in [2.24, 2.45) is 5.92 Å². The van der Waals surface area contributed by atoms with E-state index in [9.17, 15) is 14.0 Å². The number of anilines is 2. The molecule has 1 fully saturated rings. The number of carbonyl (C=O) groups is 2. The minimum Gasteiger partial charge on any atom is -0.466 e. The third-order valence-electron chi connectivity index (χ3n) is 5.06. The van der Waals surface area contributed by atoms with Crippen LogP contribution >= 0.6 is 0 Å². The van der Waals surface area contributed by atoms with Crippen molar-refractivity contribution in [3.8, 4) is 0 Å². The van der Waals surface area contributed by atoms with Gasteiger partial charge in [0, 0.05) is 18.4 Å². The van der Waals surface area contributed by atoms with E-state index in [0.29, 0.717) is 36.6 Å². The topological polar surface area (TPSA) is 80.3 Å². The molecule has 154 valence electrons. The molecule has 1 saturated heterocycles. The number of esters is 1. The molecule has 2 aromatic rings. The lowest BCUT2D eigenvalue weighted by Crippen LogP contribution is -2.34. The second-order valence-electron chi connectivity index (χ2n) is 7.69. The average Bonchev–Trinajstić information content (AvgIpc) is 2.69. The van der Waals surface area contributed by atoms with Gasteiger partial charge >= 0.3 is 5.97 Å². The summed E-state index contributed by atoms with van der Waals surface area (Å²) in [5.41, 5.74) is 2.87. The molecule has 1 amide bonds. The van der Waals surface area contributed by atoms with Crippen LogP contribution in [0.2, 0.25) is 0 Å². The largest absolute Gasteiger partial charge is 0.466 e. The Bertz CT molecular complexity index is 914. The number of amides is 1. The van der Waals surface area contributed by atoms with Crippen LogP contribution < -0.4 is 10.6 Å². The fraction of sp³-hybridized carbons (Fsp3) is 0.409. The maximum absolute atomic E-state index is 13.5. The molecule has 2 heterocycles. The lowest BCUT2D eigenvalue weighted by atomic mass is 9.97. The van der Waals surface area contributed by atoms with Gasteiger partial charge in [0.1, 0.15) is 11.6 Å². The van der Waals surface area contributed by atoms with Gasteiger partial charge in [-0.1, -0.05) is 19.9 Å². The Balaban J connectivity index is 1.74. The molecule has 3 rings (SSSR count). The van der Waals surface area contributed by atoms with Gasteiger partial charge in [-0.15, -0.1) is 0 Å². The summed E-state index contributed by atoms with van der Waals surface area (Å²) >= 11 is 0. The van der Waals surface area contributed by atoms with Gasteiger partial charge in [-0.05, 0) is 54.5 Å². The second-order valence-corrected chi connectivity index (χ2v) is 7.69. The van der Waals surface area contributed by atoms with Crippen molar-refractivity contribution >= 4 is 23.4 Å². The number of carbonyl (C=O) groups excluding carboxylic acids is 2. The summed E-state index contributed by atoms with van der Waals surface area (Å²) in [6, 6.07) is 6.35. The van der Waals surface area contributed by atoms with Crippen LogP contribution in [-0.4, -0.2) is 30.0 Å². The van der Waals surface area contributed by atoms with E-state index < -0.39 is 0 Å². The molecule has 1 aliphatic rings. The van der Waals surface area contributed by atoms with E-state index in [1.165, 1.54) is 18.3 Å². The van der Waals surface area contributed by atoms with Gasteiger partial charge in [-0.25, -0.2) is 9.37 Å². The summed E-state index contributed by atoms with van der Waals surface area (Å²) in [7, 11) is 0. The Kier molecular flexibility index (Phi) is 6.46. The van der Waals surface area contributed by atoms with Crippen molar-refractivity contribution in [3.05, 3.63) is 53.0 Å². The number of benzene rings is 1. The first-order chi connectivity index (χ1) is 13.8. The van der Waals surface area contributed by atoms with Crippen LogP contribution in [0.3, 0.4) is 0 Å². The summed E-state index contributed by atoms with van der Waals surface area (Å²) in [5, 5.41) is 6.04. The van der Waals surface area contributed by atoms with E-state index in [2.05, 4.69) is 15.6 Å². The van der Waals surface area contributed by atoms with Crippen LogP contribution in [0.15, 0.2) is 30.5 Å². The normalized spacial score (nSPS) is 16.4. The molecular formula is C22H26FN3O3. The van der Waals surface area contributed by atoms with Crippen molar-refractivity contribution in [1.29, 1.82) is 0 Å². The van der Waals surface area contributed by atoms with Gasteiger partial charge in [-0.3, -0.25) is 9.59 Å². The Morgan fingerprint density at radius 3 is 2.86 bits per heavy atom. The van der Waals surface area contributed by atoms with Crippen LogP contribution in [-0.2, 0) is 9.53 Å². The van der Waals surface area contributed by atoms with Crippen LogP contribution in [0.1, 0.15) is 54.1 Å². The van der Waals surface area contributed by atoms with Crippen LogP contribution in [0, 0.1) is 18.7 Å². The third-order valence-corrected chi connectivity index (χ3v) is 5.06. The lowest BCUT2D eigenvalue weighted by molar-refractivity contribution is -0.149. The van der Waals surface area contributed by atoms with E-state index in [1.54, 1.807) is 6.07 Å². The van der Waals surface area contributed by atoms with E-state index in [0.717, 1.165) is 17.5 Å². The summed E-state index contributed by atoms with van der Waals surface area (Å²) < 4.78 is 18.5. The predicted molar refractivity (Wildman–Crippen MR) is 109 cm³/mol. The highest BCUT2D eigenvalue weighted by atomic mass is 19.1. The first kappa shape index (κ1) is 20.8. The van der Waals surface area contributed by atoms with Gasteiger partial charge in [0.15, 0.2) is 0 Å². The maximum atomic E-state index is 13.5. The minimum atomic E-state index is -0.329. The molecule has 0 radical (unpaired) electrons. The highest BCUT2D eigenvalue weighted by Gasteiger charge is 2.22. The number of ether oxygens (including phenoxy) is 1. The molecular weight excluding hydrogens is 373 g/mol. The number of cyclic esters (lactones) is 1. The molecule has 1 aliphatic heterocycles. The molecule has 29 heavy (non-hydrogen) atoms. The van der Waals surface area contributed by atoms with E-state index in [1.807, 2.05) is 26.8 Å². The monoisotopic (exact) mass is 399 g/mol. The highest BCUT2D eigenvalue weighted by molar-refractivity contribution is 5.96. The standard InChI is InChI=1S/C22H26FN3O3/c1-13(2)17-10-20(26-19-9-16(23)5-4-14(19)3)24-12-18(17)22(28)25-11-15-6-7-29-21(27)8-15/h4-5,9-10,12-13,15H,6-8,11H2,1-3H3,(H,24,26)(H,25,28). The van der Waals surface area contributed by atoms with Crippen molar-refractivity contribution in [2.45, 2.75) is 39.5 Å². The third kappa shape index (κ3) is 5.31. The summed E-state index contributed by atoms with van der Waals surface area (Å²) in [5.74, 6) is -0.0272. The molecule has 1 aromatic heterocycles. The molecule has 0 bridgehead atoms. The molecule has 1 aromatic carbocycles. The van der Waals surface area contributed by atoms with Crippen LogP contribution in [0.4, 0.5) is 15.9 Å². The van der Waals surface area contributed by atoms with Crippen molar-refractivity contribution < 1.29 is 18.7 Å². The molecule has 2 N–H and O–H groups in total.